The summed E-state index contributed by atoms with van der Waals surface area (Å²) in [4.78, 5) is 12.8. The number of nitrogens with zero attached hydrogens (tertiary/aromatic N) is 2. The van der Waals surface area contributed by atoms with Gasteiger partial charge in [0.15, 0.2) is 11.5 Å². The van der Waals surface area contributed by atoms with Crippen molar-refractivity contribution in [1.82, 2.24) is 0 Å². The SMILES string of the molecule is CCCOc1c(Br)cc(/C=C2\C(=O)N(c3ccc(F)cc3)N=C2C)cc1OC. The monoisotopic (exact) mass is 446 g/mol. The molecule has 0 saturated heterocycles. The molecule has 1 heterocycles. The molecule has 7 heteroatoms. The summed E-state index contributed by atoms with van der Waals surface area (Å²) in [7, 11) is 1.57. The topological polar surface area (TPSA) is 51.1 Å². The Morgan fingerprint density at radius 1 is 1.25 bits per heavy atom. The molecule has 1 amide bonds. The van der Waals surface area contributed by atoms with E-state index in [0.717, 1.165) is 16.5 Å². The number of carbonyl (C=O) groups is 1. The molecule has 1 aliphatic heterocycles. The lowest BCUT2D eigenvalue weighted by Crippen LogP contribution is -2.21. The first-order valence-electron chi connectivity index (χ1n) is 8.82. The van der Waals surface area contributed by atoms with E-state index in [9.17, 15) is 9.18 Å². The van der Waals surface area contributed by atoms with Gasteiger partial charge < -0.3 is 9.47 Å². The maximum Gasteiger partial charge on any atom is 0.280 e. The van der Waals surface area contributed by atoms with Gasteiger partial charge in [0, 0.05) is 0 Å². The lowest BCUT2D eigenvalue weighted by atomic mass is 10.1. The average Bonchev–Trinajstić information content (AvgIpc) is 2.95. The van der Waals surface area contributed by atoms with E-state index in [0.29, 0.717) is 35.1 Å². The number of hydrogen-bond acceptors (Lipinski definition) is 4. The molecule has 0 aromatic heterocycles. The van der Waals surface area contributed by atoms with E-state index in [1.165, 1.54) is 29.3 Å². The first-order chi connectivity index (χ1) is 13.4. The third kappa shape index (κ3) is 4.09. The van der Waals surface area contributed by atoms with Crippen LogP contribution in [0.5, 0.6) is 11.5 Å². The Kier molecular flexibility index (Phi) is 6.14. The lowest BCUT2D eigenvalue weighted by molar-refractivity contribution is -0.114. The molecule has 5 nitrogen and oxygen atoms in total. The maximum atomic E-state index is 13.2. The van der Waals surface area contributed by atoms with Crippen LogP contribution in [0, 0.1) is 5.82 Å². The van der Waals surface area contributed by atoms with Crippen molar-refractivity contribution in [2.45, 2.75) is 20.3 Å². The first kappa shape index (κ1) is 20.1. The van der Waals surface area contributed by atoms with Gasteiger partial charge in [-0.2, -0.15) is 10.1 Å². The summed E-state index contributed by atoms with van der Waals surface area (Å²) < 4.78 is 25.1. The van der Waals surface area contributed by atoms with Gasteiger partial charge in [-0.3, -0.25) is 4.79 Å². The molecule has 1 aliphatic rings. The number of benzene rings is 2. The minimum atomic E-state index is -0.366. The number of carbonyl (C=O) groups excluding carboxylic acids is 1. The standard InChI is InChI=1S/C21H20BrFN2O3/c1-4-9-28-20-18(22)11-14(12-19(20)27-3)10-17-13(2)24-25(21(17)26)16-7-5-15(23)6-8-16/h5-8,10-12H,4,9H2,1-3H3/b17-10-. The van der Waals surface area contributed by atoms with Crippen molar-refractivity contribution in [2.24, 2.45) is 5.10 Å². The largest absolute Gasteiger partial charge is 0.493 e. The van der Waals surface area contributed by atoms with Gasteiger partial charge >= 0.3 is 0 Å². The number of hydrazone groups is 1. The predicted octanol–water partition coefficient (Wildman–Crippen LogP) is 5.19. The normalized spacial score (nSPS) is 15.2. The van der Waals surface area contributed by atoms with Gasteiger partial charge in [0.1, 0.15) is 5.82 Å². The summed E-state index contributed by atoms with van der Waals surface area (Å²) >= 11 is 3.51. The predicted molar refractivity (Wildman–Crippen MR) is 111 cm³/mol. The highest BCUT2D eigenvalue weighted by atomic mass is 79.9. The molecule has 0 bridgehead atoms. The molecule has 28 heavy (non-hydrogen) atoms. The molecule has 0 radical (unpaired) electrons. The molecule has 0 N–H and O–H groups in total. The number of anilines is 1. The molecular formula is C21H20BrFN2O3. The van der Waals surface area contributed by atoms with E-state index in [4.69, 9.17) is 9.47 Å². The Bertz CT molecular complexity index is 955. The summed E-state index contributed by atoms with van der Waals surface area (Å²) in [5, 5.41) is 5.58. The van der Waals surface area contributed by atoms with Gasteiger partial charge in [-0.25, -0.2) is 4.39 Å². The van der Waals surface area contributed by atoms with E-state index in [-0.39, 0.29) is 11.7 Å². The zero-order valence-electron chi connectivity index (χ0n) is 15.8. The fourth-order valence-corrected chi connectivity index (χ4v) is 3.35. The fourth-order valence-electron chi connectivity index (χ4n) is 2.78. The van der Waals surface area contributed by atoms with E-state index in [2.05, 4.69) is 21.0 Å². The molecule has 0 spiro atoms. The quantitative estimate of drug-likeness (QED) is 0.573. The van der Waals surface area contributed by atoms with Crippen LogP contribution in [0.1, 0.15) is 25.8 Å². The minimum Gasteiger partial charge on any atom is -0.493 e. The van der Waals surface area contributed by atoms with Crippen LogP contribution in [-0.2, 0) is 4.79 Å². The molecule has 0 fully saturated rings. The Morgan fingerprint density at radius 3 is 2.61 bits per heavy atom. The second-order valence-corrected chi connectivity index (χ2v) is 7.07. The van der Waals surface area contributed by atoms with Crippen molar-refractivity contribution >= 4 is 39.3 Å². The van der Waals surface area contributed by atoms with E-state index >= 15 is 0 Å². The molecule has 0 aliphatic carbocycles. The highest BCUT2D eigenvalue weighted by Gasteiger charge is 2.28. The first-order valence-corrected chi connectivity index (χ1v) is 9.61. The summed E-state index contributed by atoms with van der Waals surface area (Å²) in [5.41, 5.74) is 2.32. The summed E-state index contributed by atoms with van der Waals surface area (Å²) in [5.74, 6) is 0.562. The Balaban J connectivity index is 1.93. The second kappa shape index (κ2) is 8.56. The van der Waals surface area contributed by atoms with Crippen LogP contribution in [-0.4, -0.2) is 25.3 Å². The van der Waals surface area contributed by atoms with Gasteiger partial charge in [0.2, 0.25) is 0 Å². The van der Waals surface area contributed by atoms with Crippen molar-refractivity contribution in [1.29, 1.82) is 0 Å². The van der Waals surface area contributed by atoms with Crippen LogP contribution in [0.4, 0.5) is 10.1 Å². The summed E-state index contributed by atoms with van der Waals surface area (Å²) in [6.07, 6.45) is 2.63. The van der Waals surface area contributed by atoms with Crippen molar-refractivity contribution in [3.05, 3.63) is 57.8 Å². The lowest BCUT2D eigenvalue weighted by Gasteiger charge is -2.13. The van der Waals surface area contributed by atoms with Crippen molar-refractivity contribution < 1.29 is 18.7 Å². The molecule has 2 aromatic rings. The van der Waals surface area contributed by atoms with Crippen molar-refractivity contribution in [3.8, 4) is 11.5 Å². The molecule has 146 valence electrons. The number of halogens is 2. The van der Waals surface area contributed by atoms with Crippen LogP contribution in [0.15, 0.2) is 51.5 Å². The highest BCUT2D eigenvalue weighted by molar-refractivity contribution is 9.10. The number of amides is 1. The summed E-state index contributed by atoms with van der Waals surface area (Å²) in [6, 6.07) is 9.31. The zero-order chi connectivity index (χ0) is 20.3. The maximum absolute atomic E-state index is 13.2. The van der Waals surface area contributed by atoms with E-state index < -0.39 is 0 Å². The van der Waals surface area contributed by atoms with Crippen LogP contribution in [0.2, 0.25) is 0 Å². The Hall–Kier alpha value is -2.67. The van der Waals surface area contributed by atoms with Gasteiger partial charge in [-0.05, 0) is 77.3 Å². The van der Waals surface area contributed by atoms with Crippen molar-refractivity contribution in [3.63, 3.8) is 0 Å². The summed E-state index contributed by atoms with van der Waals surface area (Å²) in [6.45, 7) is 4.37. The van der Waals surface area contributed by atoms with Crippen LogP contribution < -0.4 is 14.5 Å². The van der Waals surface area contributed by atoms with Crippen LogP contribution >= 0.6 is 15.9 Å². The third-order valence-corrected chi connectivity index (χ3v) is 4.74. The molecule has 0 unspecified atom stereocenters. The molecule has 2 aromatic carbocycles. The van der Waals surface area contributed by atoms with Gasteiger partial charge in [0.25, 0.3) is 5.91 Å². The molecule has 0 saturated carbocycles. The van der Waals surface area contributed by atoms with Crippen molar-refractivity contribution in [2.75, 3.05) is 18.7 Å². The minimum absolute atomic E-state index is 0.273. The molecular weight excluding hydrogens is 427 g/mol. The molecule has 3 rings (SSSR count). The molecule has 0 atom stereocenters. The van der Waals surface area contributed by atoms with E-state index in [1.807, 2.05) is 19.1 Å². The number of rotatable bonds is 6. The van der Waals surface area contributed by atoms with E-state index in [1.54, 1.807) is 20.1 Å². The third-order valence-electron chi connectivity index (χ3n) is 4.15. The fraction of sp³-hybridized carbons (Fsp3) is 0.238. The van der Waals surface area contributed by atoms with Gasteiger partial charge in [-0.15, -0.1) is 0 Å². The number of hydrogen-bond donors (Lipinski definition) is 0. The van der Waals surface area contributed by atoms with Crippen LogP contribution in [0.3, 0.4) is 0 Å². The Labute approximate surface area is 171 Å². The zero-order valence-corrected chi connectivity index (χ0v) is 17.4. The number of methoxy groups -OCH3 is 1. The van der Waals surface area contributed by atoms with Gasteiger partial charge in [0.05, 0.1) is 35.2 Å². The number of ether oxygens (including phenoxy) is 2. The Morgan fingerprint density at radius 2 is 1.96 bits per heavy atom. The smallest absolute Gasteiger partial charge is 0.280 e. The second-order valence-electron chi connectivity index (χ2n) is 6.22. The average molecular weight is 447 g/mol. The van der Waals surface area contributed by atoms with Gasteiger partial charge in [-0.1, -0.05) is 6.92 Å². The highest BCUT2D eigenvalue weighted by Crippen LogP contribution is 2.37. The van der Waals surface area contributed by atoms with Crippen LogP contribution in [0.25, 0.3) is 6.08 Å².